The first kappa shape index (κ1) is 11.4. The lowest BCUT2D eigenvalue weighted by atomic mass is 9.84. The van der Waals surface area contributed by atoms with Gasteiger partial charge < -0.3 is 15.0 Å². The first-order chi connectivity index (χ1) is 7.29. The standard InChI is InChI=1S/C12H24N2O/c1-14-5-3-4-10(8-14)11-6-12(9-15-2)13-7-11/h10-13H,3-9H2,1-2H3. The Morgan fingerprint density at radius 3 is 3.00 bits per heavy atom. The molecule has 0 amide bonds. The molecule has 0 aromatic carbocycles. The Morgan fingerprint density at radius 2 is 2.27 bits per heavy atom. The maximum absolute atomic E-state index is 5.21. The molecule has 0 aliphatic carbocycles. The van der Waals surface area contributed by atoms with E-state index >= 15 is 0 Å². The molecule has 2 aliphatic heterocycles. The summed E-state index contributed by atoms with van der Waals surface area (Å²) in [6.45, 7) is 4.66. The lowest BCUT2D eigenvalue weighted by Gasteiger charge is -2.33. The normalized spacial score (nSPS) is 38.4. The zero-order valence-corrected chi connectivity index (χ0v) is 10.0. The number of ether oxygens (including phenoxy) is 1. The van der Waals surface area contributed by atoms with Crippen LogP contribution in [0.3, 0.4) is 0 Å². The van der Waals surface area contributed by atoms with Gasteiger partial charge in [-0.2, -0.15) is 0 Å². The molecule has 0 radical (unpaired) electrons. The van der Waals surface area contributed by atoms with Crippen LogP contribution in [0.2, 0.25) is 0 Å². The minimum Gasteiger partial charge on any atom is -0.383 e. The molecule has 0 saturated carbocycles. The molecule has 15 heavy (non-hydrogen) atoms. The highest BCUT2D eigenvalue weighted by Crippen LogP contribution is 2.29. The van der Waals surface area contributed by atoms with Crippen LogP contribution in [0.15, 0.2) is 0 Å². The molecule has 0 aromatic heterocycles. The van der Waals surface area contributed by atoms with Crippen molar-refractivity contribution in [2.24, 2.45) is 11.8 Å². The van der Waals surface area contributed by atoms with E-state index < -0.39 is 0 Å². The van der Waals surface area contributed by atoms with Gasteiger partial charge in [0.15, 0.2) is 0 Å². The van der Waals surface area contributed by atoms with Gasteiger partial charge in [0, 0.05) is 19.7 Å². The fourth-order valence-corrected chi connectivity index (χ4v) is 3.13. The molecule has 0 bridgehead atoms. The van der Waals surface area contributed by atoms with Crippen molar-refractivity contribution in [3.8, 4) is 0 Å². The third-order valence-corrected chi connectivity index (χ3v) is 3.95. The van der Waals surface area contributed by atoms with Crippen molar-refractivity contribution >= 4 is 0 Å². The van der Waals surface area contributed by atoms with Crippen LogP contribution in [-0.2, 0) is 4.74 Å². The van der Waals surface area contributed by atoms with Crippen LogP contribution < -0.4 is 5.32 Å². The summed E-state index contributed by atoms with van der Waals surface area (Å²) in [5.74, 6) is 1.80. The Kier molecular flexibility index (Phi) is 4.00. The van der Waals surface area contributed by atoms with E-state index in [0.29, 0.717) is 6.04 Å². The minimum atomic E-state index is 0.604. The second-order valence-corrected chi connectivity index (χ2v) is 5.22. The predicted molar refractivity (Wildman–Crippen MR) is 62.0 cm³/mol. The van der Waals surface area contributed by atoms with Crippen molar-refractivity contribution < 1.29 is 4.74 Å². The van der Waals surface area contributed by atoms with Crippen LogP contribution in [0, 0.1) is 11.8 Å². The van der Waals surface area contributed by atoms with E-state index in [1.165, 1.54) is 38.9 Å². The number of nitrogens with zero attached hydrogens (tertiary/aromatic N) is 1. The van der Waals surface area contributed by atoms with Crippen LogP contribution in [0.1, 0.15) is 19.3 Å². The Labute approximate surface area is 93.2 Å². The largest absolute Gasteiger partial charge is 0.383 e. The molecule has 3 heteroatoms. The van der Waals surface area contributed by atoms with Gasteiger partial charge in [-0.1, -0.05) is 0 Å². The highest BCUT2D eigenvalue weighted by molar-refractivity contribution is 4.87. The van der Waals surface area contributed by atoms with Crippen molar-refractivity contribution in [1.82, 2.24) is 10.2 Å². The van der Waals surface area contributed by atoms with Gasteiger partial charge in [-0.25, -0.2) is 0 Å². The Balaban J connectivity index is 1.79. The summed E-state index contributed by atoms with van der Waals surface area (Å²) in [6, 6.07) is 0.604. The number of rotatable bonds is 3. The third-order valence-electron chi connectivity index (χ3n) is 3.95. The molecule has 0 aromatic rings. The van der Waals surface area contributed by atoms with Crippen LogP contribution >= 0.6 is 0 Å². The number of likely N-dealkylation sites (tertiary alicyclic amines) is 1. The SMILES string of the molecule is COCC1CC(C2CCCN(C)C2)CN1. The zero-order valence-electron chi connectivity index (χ0n) is 10.0. The summed E-state index contributed by atoms with van der Waals surface area (Å²) in [5.41, 5.74) is 0. The molecular formula is C12H24N2O. The average Bonchev–Trinajstić information content (AvgIpc) is 2.67. The van der Waals surface area contributed by atoms with Gasteiger partial charge in [0.25, 0.3) is 0 Å². The topological polar surface area (TPSA) is 24.5 Å². The monoisotopic (exact) mass is 212 g/mol. The Morgan fingerprint density at radius 1 is 1.40 bits per heavy atom. The second kappa shape index (κ2) is 5.28. The highest BCUT2D eigenvalue weighted by atomic mass is 16.5. The molecule has 1 N–H and O–H groups in total. The number of nitrogens with one attached hydrogen (secondary N) is 1. The smallest absolute Gasteiger partial charge is 0.0615 e. The number of hydrogen-bond donors (Lipinski definition) is 1. The molecule has 2 saturated heterocycles. The maximum Gasteiger partial charge on any atom is 0.0615 e. The van der Waals surface area contributed by atoms with Crippen molar-refractivity contribution in [3.63, 3.8) is 0 Å². The number of piperidine rings is 1. The van der Waals surface area contributed by atoms with Gasteiger partial charge in [0.1, 0.15) is 0 Å². The van der Waals surface area contributed by atoms with E-state index in [0.717, 1.165) is 18.4 Å². The van der Waals surface area contributed by atoms with Gasteiger partial charge in [-0.05, 0) is 51.2 Å². The second-order valence-electron chi connectivity index (χ2n) is 5.22. The fraction of sp³-hybridized carbons (Fsp3) is 1.00. The Hall–Kier alpha value is -0.120. The first-order valence-electron chi connectivity index (χ1n) is 6.20. The van der Waals surface area contributed by atoms with Gasteiger partial charge >= 0.3 is 0 Å². The Bertz CT molecular complexity index is 198. The summed E-state index contributed by atoms with van der Waals surface area (Å²) >= 11 is 0. The highest BCUT2D eigenvalue weighted by Gasteiger charge is 2.32. The van der Waals surface area contributed by atoms with E-state index in [2.05, 4.69) is 17.3 Å². The van der Waals surface area contributed by atoms with Crippen LogP contribution in [0.25, 0.3) is 0 Å². The lowest BCUT2D eigenvalue weighted by Crippen LogP contribution is -2.36. The van der Waals surface area contributed by atoms with Gasteiger partial charge in [-0.15, -0.1) is 0 Å². The summed E-state index contributed by atoms with van der Waals surface area (Å²) < 4.78 is 5.21. The van der Waals surface area contributed by atoms with Gasteiger partial charge in [0.2, 0.25) is 0 Å². The summed E-state index contributed by atoms with van der Waals surface area (Å²) in [5, 5.41) is 3.58. The van der Waals surface area contributed by atoms with Crippen molar-refractivity contribution in [3.05, 3.63) is 0 Å². The molecular weight excluding hydrogens is 188 g/mol. The quantitative estimate of drug-likeness (QED) is 0.754. The first-order valence-corrected chi connectivity index (χ1v) is 6.20. The molecule has 2 aliphatic rings. The van der Waals surface area contributed by atoms with Gasteiger partial charge in [-0.3, -0.25) is 0 Å². The lowest BCUT2D eigenvalue weighted by molar-refractivity contribution is 0.153. The zero-order chi connectivity index (χ0) is 10.7. The summed E-state index contributed by atoms with van der Waals surface area (Å²) in [6.07, 6.45) is 4.12. The fourth-order valence-electron chi connectivity index (χ4n) is 3.13. The van der Waals surface area contributed by atoms with E-state index in [1.807, 2.05) is 0 Å². The molecule has 3 atom stereocenters. The van der Waals surface area contributed by atoms with E-state index in [-0.39, 0.29) is 0 Å². The third kappa shape index (κ3) is 2.92. The predicted octanol–water partition coefficient (Wildman–Crippen LogP) is 0.953. The molecule has 2 heterocycles. The van der Waals surface area contributed by atoms with E-state index in [9.17, 15) is 0 Å². The number of hydrogen-bond acceptors (Lipinski definition) is 3. The van der Waals surface area contributed by atoms with Crippen molar-refractivity contribution in [1.29, 1.82) is 0 Å². The van der Waals surface area contributed by atoms with E-state index in [4.69, 9.17) is 4.74 Å². The summed E-state index contributed by atoms with van der Waals surface area (Å²) in [7, 11) is 4.05. The molecule has 2 rings (SSSR count). The van der Waals surface area contributed by atoms with Crippen molar-refractivity contribution in [2.75, 3.05) is 40.4 Å². The molecule has 88 valence electrons. The molecule has 3 nitrogen and oxygen atoms in total. The van der Waals surface area contributed by atoms with E-state index in [1.54, 1.807) is 7.11 Å². The summed E-state index contributed by atoms with van der Waals surface area (Å²) in [4.78, 5) is 2.48. The van der Waals surface area contributed by atoms with Crippen molar-refractivity contribution in [2.45, 2.75) is 25.3 Å². The minimum absolute atomic E-state index is 0.604. The molecule has 0 spiro atoms. The van der Waals surface area contributed by atoms with Crippen LogP contribution in [0.4, 0.5) is 0 Å². The number of methoxy groups -OCH3 is 1. The average molecular weight is 212 g/mol. The van der Waals surface area contributed by atoms with Crippen LogP contribution in [0.5, 0.6) is 0 Å². The van der Waals surface area contributed by atoms with Gasteiger partial charge in [0.05, 0.1) is 6.61 Å². The van der Waals surface area contributed by atoms with Crippen LogP contribution in [-0.4, -0.2) is 51.3 Å². The molecule has 3 unspecified atom stereocenters. The molecule has 2 fully saturated rings. The maximum atomic E-state index is 5.21.